The second-order valence-electron chi connectivity index (χ2n) is 8.80. The smallest absolute Gasteiger partial charge is 0.437 e. The van der Waals surface area contributed by atoms with E-state index in [0.717, 1.165) is 18.1 Å². The topological polar surface area (TPSA) is 73.8 Å². The Morgan fingerprint density at radius 1 is 0.448 bits per heavy atom. The molecule has 8 nitrogen and oxygen atoms in total. The Morgan fingerprint density at radius 3 is 1.10 bits per heavy atom. The first-order valence-corrected chi connectivity index (χ1v) is 22.8. The summed E-state index contributed by atoms with van der Waals surface area (Å²) < 4.78 is 47.1. The summed E-state index contributed by atoms with van der Waals surface area (Å²) in [5.74, 6) is 0. The van der Waals surface area contributed by atoms with Crippen molar-refractivity contribution in [1.29, 1.82) is 0 Å². The van der Waals surface area contributed by atoms with Crippen LogP contribution >= 0.6 is 0 Å². The number of rotatable bonds is 16. The summed E-state index contributed by atoms with van der Waals surface area (Å²) in [7, 11) is -1.85. The molecule has 0 amide bonds. The Balaban J connectivity index is 5.43. The fourth-order valence-electron chi connectivity index (χ4n) is 3.35. The van der Waals surface area contributed by atoms with Crippen molar-refractivity contribution in [3.63, 3.8) is 0 Å². The quantitative estimate of drug-likeness (QED) is 0.293. The maximum Gasteiger partial charge on any atom is 0.500 e. The van der Waals surface area contributed by atoms with Gasteiger partial charge in [0.05, 0.1) is 0 Å². The van der Waals surface area contributed by atoms with Crippen LogP contribution in [0.5, 0.6) is 0 Å². The zero-order chi connectivity index (χ0) is 23.0. The molecule has 0 spiro atoms. The molecule has 1 atom stereocenters. The number of hydrogen-bond donors (Lipinski definition) is 0. The van der Waals surface area contributed by atoms with Gasteiger partial charge in [0.25, 0.3) is 0 Å². The van der Waals surface area contributed by atoms with Crippen LogP contribution in [-0.4, -0.2) is 85.5 Å². The molecule has 0 aliphatic rings. The van der Waals surface area contributed by atoms with Crippen LogP contribution < -0.4 is 0 Å². The van der Waals surface area contributed by atoms with Gasteiger partial charge < -0.3 is 34.8 Å². The molecule has 0 saturated heterocycles. The van der Waals surface area contributed by atoms with Crippen molar-refractivity contribution >= 4 is 42.8 Å². The maximum atomic E-state index is 6.86. The third-order valence-electron chi connectivity index (χ3n) is 4.80. The van der Waals surface area contributed by atoms with Gasteiger partial charge >= 0.3 is 26.2 Å². The van der Waals surface area contributed by atoms with Crippen molar-refractivity contribution in [3.8, 4) is 0 Å². The fourth-order valence-corrected chi connectivity index (χ4v) is 23.9. The second kappa shape index (κ2) is 12.1. The van der Waals surface area contributed by atoms with E-state index in [1.807, 2.05) is 0 Å². The van der Waals surface area contributed by atoms with E-state index in [4.69, 9.17) is 34.8 Å². The van der Waals surface area contributed by atoms with Gasteiger partial charge in [-0.25, -0.2) is 0 Å². The molecule has 0 aromatic heterocycles. The molecule has 176 valence electrons. The average Bonchev–Trinajstić information content (AvgIpc) is 2.63. The Morgan fingerprint density at radius 2 is 0.793 bits per heavy atom. The molecule has 1 unspecified atom stereocenters. The van der Waals surface area contributed by atoms with Crippen LogP contribution in [0.3, 0.4) is 0 Å². The fraction of sp³-hybridized carbons (Fsp3) is 1.00. The molecule has 13 heteroatoms. The van der Waals surface area contributed by atoms with Gasteiger partial charge in [0, 0.05) is 54.7 Å². The molecule has 29 heavy (non-hydrogen) atoms. The van der Waals surface area contributed by atoms with Gasteiger partial charge in [-0.15, -0.1) is 0 Å². The first kappa shape index (κ1) is 29.8. The van der Waals surface area contributed by atoms with E-state index in [2.05, 4.69) is 39.3 Å². The molecular formula is C16H44O8Si5. The average molecular weight is 505 g/mol. The van der Waals surface area contributed by atoms with Crippen LogP contribution in [0.25, 0.3) is 0 Å². The van der Waals surface area contributed by atoms with Gasteiger partial charge in [0.2, 0.25) is 0 Å². The van der Waals surface area contributed by atoms with E-state index in [-0.39, 0.29) is 0 Å². The minimum absolute atomic E-state index is 0.668. The Labute approximate surface area is 183 Å². The summed E-state index contributed by atoms with van der Waals surface area (Å²) in [5, 5.41) is 0. The minimum atomic E-state index is -2.69. The van der Waals surface area contributed by atoms with E-state index in [0.29, 0.717) is 6.04 Å². The SMILES string of the molecule is CO[Si](CC[Si](C)(C)O[Si](C)(CC[Si](OC)(OC)OC)O[Si](C)(C)C)(OC)OC. The Kier molecular flexibility index (Phi) is 12.4. The highest BCUT2D eigenvalue weighted by atomic mass is 28.5. The summed E-state index contributed by atoms with van der Waals surface area (Å²) in [6, 6.07) is 3.02. The van der Waals surface area contributed by atoms with E-state index in [1.54, 1.807) is 42.7 Å². The van der Waals surface area contributed by atoms with Crippen molar-refractivity contribution in [1.82, 2.24) is 0 Å². The predicted octanol–water partition coefficient (Wildman–Crippen LogP) is 3.89. The largest absolute Gasteiger partial charge is 0.500 e. The van der Waals surface area contributed by atoms with E-state index in [1.165, 1.54) is 0 Å². The lowest BCUT2D eigenvalue weighted by molar-refractivity contribution is 0.124. The lowest BCUT2D eigenvalue weighted by Crippen LogP contribution is -2.55. The van der Waals surface area contributed by atoms with Gasteiger partial charge in [-0.1, -0.05) is 0 Å². The molecule has 0 radical (unpaired) electrons. The van der Waals surface area contributed by atoms with Crippen LogP contribution in [0.1, 0.15) is 0 Å². The Bertz CT molecular complexity index is 452. The van der Waals surface area contributed by atoms with Gasteiger partial charge in [0.1, 0.15) is 0 Å². The summed E-state index contributed by atoms with van der Waals surface area (Å²) in [4.78, 5) is 0. The van der Waals surface area contributed by atoms with E-state index < -0.39 is 42.8 Å². The van der Waals surface area contributed by atoms with Crippen molar-refractivity contribution in [3.05, 3.63) is 0 Å². The predicted molar refractivity (Wildman–Crippen MR) is 127 cm³/mol. The lowest BCUT2D eigenvalue weighted by atomic mass is 10.9. The van der Waals surface area contributed by atoms with Crippen molar-refractivity contribution in [2.75, 3.05) is 42.7 Å². The van der Waals surface area contributed by atoms with Gasteiger partial charge in [-0.05, 0) is 51.4 Å². The molecule has 0 rings (SSSR count). The molecule has 0 N–H and O–H groups in total. The van der Waals surface area contributed by atoms with Gasteiger partial charge in [-0.3, -0.25) is 0 Å². The summed E-state index contributed by atoms with van der Waals surface area (Å²) >= 11 is 0. The van der Waals surface area contributed by atoms with Crippen molar-refractivity contribution < 1.29 is 34.8 Å². The van der Waals surface area contributed by atoms with Crippen LogP contribution in [0.2, 0.25) is 63.5 Å². The molecular weight excluding hydrogens is 461 g/mol. The molecule has 0 aromatic rings. The Hall–Kier alpha value is 0.764. The molecule has 0 fully saturated rings. The summed E-state index contributed by atoms with van der Waals surface area (Å²) in [6.45, 7) is 13.2. The highest BCUT2D eigenvalue weighted by molar-refractivity contribution is 6.88. The monoisotopic (exact) mass is 504 g/mol. The summed E-state index contributed by atoms with van der Waals surface area (Å²) in [6.07, 6.45) is 0. The highest BCUT2D eigenvalue weighted by Crippen LogP contribution is 2.32. The molecule has 0 saturated carbocycles. The molecule has 0 aliphatic heterocycles. The zero-order valence-electron chi connectivity index (χ0n) is 20.6. The van der Waals surface area contributed by atoms with E-state index >= 15 is 0 Å². The van der Waals surface area contributed by atoms with Crippen LogP contribution in [0.4, 0.5) is 0 Å². The third kappa shape index (κ3) is 10.3. The van der Waals surface area contributed by atoms with Crippen molar-refractivity contribution in [2.24, 2.45) is 0 Å². The molecule has 0 aliphatic carbocycles. The normalized spacial score (nSPS) is 16.1. The zero-order valence-corrected chi connectivity index (χ0v) is 25.6. The van der Waals surface area contributed by atoms with Gasteiger partial charge in [-0.2, -0.15) is 0 Å². The maximum absolute atomic E-state index is 6.86. The molecule has 0 aromatic carbocycles. The van der Waals surface area contributed by atoms with Crippen molar-refractivity contribution in [2.45, 2.75) is 63.5 Å². The van der Waals surface area contributed by atoms with Crippen LogP contribution in [0.15, 0.2) is 0 Å². The number of hydrogen-bond acceptors (Lipinski definition) is 8. The standard InChI is InChI=1S/C16H44O8Si5/c1-17-28(18-2,19-3)15-13-26(10,11)24-27(12,23-25(7,8)9)14-16-29(20-4,21-5)22-6/h13-16H2,1-12H3. The van der Waals surface area contributed by atoms with Gasteiger partial charge in [0.15, 0.2) is 16.6 Å². The summed E-state index contributed by atoms with van der Waals surface area (Å²) in [5.41, 5.74) is 0. The second-order valence-corrected chi connectivity index (χ2v) is 27.6. The first-order chi connectivity index (χ1) is 13.2. The lowest BCUT2D eigenvalue weighted by Gasteiger charge is -2.41. The third-order valence-corrected chi connectivity index (χ3v) is 22.0. The van der Waals surface area contributed by atoms with Crippen LogP contribution in [-0.2, 0) is 34.8 Å². The highest BCUT2D eigenvalue weighted by Gasteiger charge is 2.48. The molecule has 0 bridgehead atoms. The van der Waals surface area contributed by atoms with Crippen LogP contribution in [0, 0.1) is 0 Å². The first-order valence-electron chi connectivity index (χ1n) is 9.90. The molecule has 0 heterocycles. The minimum Gasteiger partial charge on any atom is -0.437 e. The van der Waals surface area contributed by atoms with E-state index in [9.17, 15) is 0 Å².